The van der Waals surface area contributed by atoms with Gasteiger partial charge in [-0.05, 0) is 41.9 Å². The number of benzene rings is 1. The largest absolute Gasteiger partial charge is 0.381 e. The van der Waals surface area contributed by atoms with E-state index in [1.807, 2.05) is 17.1 Å². The van der Waals surface area contributed by atoms with Crippen molar-refractivity contribution in [3.05, 3.63) is 52.2 Å². The molecule has 0 bridgehead atoms. The van der Waals surface area contributed by atoms with Crippen molar-refractivity contribution in [3.8, 4) is 0 Å². The van der Waals surface area contributed by atoms with E-state index in [9.17, 15) is 9.90 Å². The first-order valence-electron chi connectivity index (χ1n) is 8.69. The lowest BCUT2D eigenvalue weighted by Crippen LogP contribution is -2.34. The van der Waals surface area contributed by atoms with Crippen LogP contribution in [0.3, 0.4) is 0 Å². The number of amides is 1. The van der Waals surface area contributed by atoms with Crippen molar-refractivity contribution < 1.29 is 14.6 Å². The fourth-order valence-corrected chi connectivity index (χ4v) is 4.38. The van der Waals surface area contributed by atoms with Crippen molar-refractivity contribution in [2.24, 2.45) is 5.92 Å². The smallest absolute Gasteiger partial charge is 0.228 e. The number of H-pyrrole nitrogens is 1. The van der Waals surface area contributed by atoms with Crippen LogP contribution in [0.1, 0.15) is 12.0 Å². The SMILES string of the molecule is O=C(C1CCOC1)N1CC2=CC(O)(c3cc(Cl)cc4[nH]ncc34)C=C2C1. The third-order valence-electron chi connectivity index (χ3n) is 5.47. The van der Waals surface area contributed by atoms with Crippen molar-refractivity contribution in [1.29, 1.82) is 0 Å². The highest BCUT2D eigenvalue weighted by atomic mass is 35.5. The molecule has 1 amide bonds. The molecule has 3 aliphatic rings. The third kappa shape index (κ3) is 2.40. The Morgan fingerprint density at radius 3 is 2.81 bits per heavy atom. The molecule has 1 aromatic heterocycles. The minimum atomic E-state index is -1.23. The maximum absolute atomic E-state index is 12.6. The lowest BCUT2D eigenvalue weighted by atomic mass is 9.92. The van der Waals surface area contributed by atoms with Crippen LogP contribution in [0.5, 0.6) is 0 Å². The highest BCUT2D eigenvalue weighted by molar-refractivity contribution is 6.31. The van der Waals surface area contributed by atoms with Crippen molar-refractivity contribution >= 4 is 28.4 Å². The average Bonchev–Trinajstić information content (AvgIpc) is 3.36. The van der Waals surface area contributed by atoms with E-state index in [1.54, 1.807) is 18.3 Å². The van der Waals surface area contributed by atoms with Crippen LogP contribution in [0.15, 0.2) is 41.6 Å². The summed E-state index contributed by atoms with van der Waals surface area (Å²) in [6, 6.07) is 3.56. The first-order chi connectivity index (χ1) is 12.5. The van der Waals surface area contributed by atoms with Gasteiger partial charge in [0.1, 0.15) is 5.60 Å². The van der Waals surface area contributed by atoms with Gasteiger partial charge < -0.3 is 14.7 Å². The van der Waals surface area contributed by atoms with Crippen LogP contribution in [0, 0.1) is 5.92 Å². The molecule has 5 rings (SSSR count). The second kappa shape index (κ2) is 5.67. The number of carbonyl (C=O) groups is 1. The van der Waals surface area contributed by atoms with Crippen LogP contribution in [-0.4, -0.2) is 52.4 Å². The summed E-state index contributed by atoms with van der Waals surface area (Å²) in [7, 11) is 0. The quantitative estimate of drug-likeness (QED) is 0.847. The summed E-state index contributed by atoms with van der Waals surface area (Å²) in [6.07, 6.45) is 6.15. The molecule has 2 saturated heterocycles. The van der Waals surface area contributed by atoms with Crippen molar-refractivity contribution in [2.75, 3.05) is 26.3 Å². The van der Waals surface area contributed by atoms with Gasteiger partial charge in [-0.3, -0.25) is 9.89 Å². The molecule has 2 aromatic rings. The van der Waals surface area contributed by atoms with E-state index in [4.69, 9.17) is 16.3 Å². The summed E-state index contributed by atoms with van der Waals surface area (Å²) in [5.74, 6) is 0.106. The Labute approximate surface area is 155 Å². The Kier molecular flexibility index (Phi) is 3.50. The first-order valence-corrected chi connectivity index (χ1v) is 9.07. The van der Waals surface area contributed by atoms with Crippen LogP contribution >= 0.6 is 11.6 Å². The van der Waals surface area contributed by atoms with Gasteiger partial charge in [-0.15, -0.1) is 0 Å². The van der Waals surface area contributed by atoms with Gasteiger partial charge >= 0.3 is 0 Å². The van der Waals surface area contributed by atoms with Gasteiger partial charge in [0, 0.05) is 35.7 Å². The zero-order valence-corrected chi connectivity index (χ0v) is 14.8. The second-order valence-electron chi connectivity index (χ2n) is 7.20. The summed E-state index contributed by atoms with van der Waals surface area (Å²) >= 11 is 6.21. The van der Waals surface area contributed by atoms with Crippen molar-refractivity contribution in [3.63, 3.8) is 0 Å². The molecule has 2 aliphatic heterocycles. The molecule has 26 heavy (non-hydrogen) atoms. The van der Waals surface area contributed by atoms with Gasteiger partial charge in [0.25, 0.3) is 0 Å². The van der Waals surface area contributed by atoms with E-state index in [2.05, 4.69) is 10.2 Å². The number of fused-ring (bicyclic) bond motifs is 2. The van der Waals surface area contributed by atoms with Gasteiger partial charge in [0.05, 0.1) is 24.2 Å². The zero-order chi connectivity index (χ0) is 17.9. The minimum absolute atomic E-state index is 0.0348. The predicted molar refractivity (Wildman–Crippen MR) is 96.7 cm³/mol. The van der Waals surface area contributed by atoms with Crippen LogP contribution < -0.4 is 0 Å². The van der Waals surface area contributed by atoms with Gasteiger partial charge in [0.2, 0.25) is 5.91 Å². The van der Waals surface area contributed by atoms with Crippen molar-refractivity contribution in [2.45, 2.75) is 12.0 Å². The Bertz CT molecular complexity index is 950. The standard InChI is InChI=1S/C19H18ClN3O3/c20-14-3-16(15-7-21-22-17(15)4-14)19(25)5-12-8-23(9-13(12)6-19)18(24)11-1-2-26-10-11/h3-7,11,25H,1-2,8-10H2,(H,21,22). The Hall–Kier alpha value is -2.15. The normalized spacial score (nSPS) is 24.1. The number of likely N-dealkylation sites (tertiary alicyclic amines) is 1. The molecule has 2 fully saturated rings. The van der Waals surface area contributed by atoms with E-state index in [0.29, 0.717) is 36.9 Å². The van der Waals surface area contributed by atoms with Crippen molar-refractivity contribution in [1.82, 2.24) is 15.1 Å². The number of aliphatic hydroxyl groups is 1. The Balaban J connectivity index is 1.46. The van der Waals surface area contributed by atoms with Gasteiger partial charge in [-0.25, -0.2) is 0 Å². The number of hydrogen-bond donors (Lipinski definition) is 2. The number of aromatic nitrogens is 2. The van der Waals surface area contributed by atoms with Crippen LogP contribution in [-0.2, 0) is 15.1 Å². The molecule has 2 N–H and O–H groups in total. The minimum Gasteiger partial charge on any atom is -0.381 e. The maximum atomic E-state index is 12.6. The zero-order valence-electron chi connectivity index (χ0n) is 14.0. The van der Waals surface area contributed by atoms with Crippen LogP contribution in [0.4, 0.5) is 0 Å². The fraction of sp³-hybridized carbons (Fsp3) is 0.368. The molecule has 6 nitrogen and oxygen atoms in total. The second-order valence-corrected chi connectivity index (χ2v) is 7.64. The monoisotopic (exact) mass is 371 g/mol. The van der Waals surface area contributed by atoms with E-state index in [1.165, 1.54) is 0 Å². The molecule has 0 radical (unpaired) electrons. The third-order valence-corrected chi connectivity index (χ3v) is 5.69. The number of carbonyl (C=O) groups excluding carboxylic acids is 1. The molecule has 1 unspecified atom stereocenters. The number of nitrogens with zero attached hydrogens (tertiary/aromatic N) is 2. The molecule has 0 saturated carbocycles. The number of ether oxygens (including phenoxy) is 1. The van der Waals surface area contributed by atoms with E-state index < -0.39 is 5.60 Å². The summed E-state index contributed by atoms with van der Waals surface area (Å²) in [5.41, 5.74) is 2.24. The average molecular weight is 372 g/mol. The highest BCUT2D eigenvalue weighted by Gasteiger charge is 2.40. The molecule has 7 heteroatoms. The van der Waals surface area contributed by atoms with E-state index in [-0.39, 0.29) is 11.8 Å². The molecule has 134 valence electrons. The number of halogens is 1. The van der Waals surface area contributed by atoms with E-state index in [0.717, 1.165) is 28.5 Å². The predicted octanol–water partition coefficient (Wildman–Crippen LogP) is 2.15. The number of nitrogens with one attached hydrogen (secondary N) is 1. The number of rotatable bonds is 2. The topological polar surface area (TPSA) is 78.5 Å². The molecule has 1 atom stereocenters. The number of aromatic amines is 1. The van der Waals surface area contributed by atoms with Crippen LogP contribution in [0.2, 0.25) is 5.02 Å². The summed E-state index contributed by atoms with van der Waals surface area (Å²) < 4.78 is 5.33. The summed E-state index contributed by atoms with van der Waals surface area (Å²) in [5, 5.41) is 19.6. The molecule has 0 spiro atoms. The highest BCUT2D eigenvalue weighted by Crippen LogP contribution is 2.42. The molecule has 1 aromatic carbocycles. The molecule has 3 heterocycles. The lowest BCUT2D eigenvalue weighted by molar-refractivity contribution is -0.134. The van der Waals surface area contributed by atoms with Crippen LogP contribution in [0.25, 0.3) is 10.9 Å². The van der Waals surface area contributed by atoms with Gasteiger partial charge in [-0.1, -0.05) is 11.6 Å². The molecular formula is C19H18ClN3O3. The molecule has 1 aliphatic carbocycles. The van der Waals surface area contributed by atoms with Gasteiger partial charge in [0.15, 0.2) is 0 Å². The van der Waals surface area contributed by atoms with Gasteiger partial charge in [-0.2, -0.15) is 5.10 Å². The lowest BCUT2D eigenvalue weighted by Gasteiger charge is -2.23. The summed E-state index contributed by atoms with van der Waals surface area (Å²) in [6.45, 7) is 2.22. The summed E-state index contributed by atoms with van der Waals surface area (Å²) in [4.78, 5) is 14.4. The molecular weight excluding hydrogens is 354 g/mol. The number of hydrogen-bond acceptors (Lipinski definition) is 4. The fourth-order valence-electron chi connectivity index (χ4n) is 4.17. The Morgan fingerprint density at radius 2 is 2.12 bits per heavy atom. The Morgan fingerprint density at radius 1 is 1.35 bits per heavy atom. The first kappa shape index (κ1) is 16.1. The maximum Gasteiger partial charge on any atom is 0.228 e. The van der Waals surface area contributed by atoms with E-state index >= 15 is 0 Å².